The highest BCUT2D eigenvalue weighted by atomic mass is 16.5. The summed E-state index contributed by atoms with van der Waals surface area (Å²) in [5, 5.41) is 0. The van der Waals surface area contributed by atoms with Gasteiger partial charge in [-0.15, -0.1) is 0 Å². The number of hydrogen-bond donors (Lipinski definition) is 0. The third-order valence-electron chi connectivity index (χ3n) is 1.24. The number of rotatable bonds is 7. The summed E-state index contributed by atoms with van der Waals surface area (Å²) < 4.78 is 10.3. The van der Waals surface area contributed by atoms with E-state index in [4.69, 9.17) is 9.47 Å². The Hall–Kier alpha value is -0.920. The minimum absolute atomic E-state index is 0.781. The molecule has 0 N–H and O–H groups in total. The molecule has 0 aliphatic heterocycles. The van der Waals surface area contributed by atoms with Crippen LogP contribution in [0.25, 0.3) is 0 Å². The molecular weight excluding hydrogens is 152 g/mol. The normalized spacial score (nSPS) is 11.2. The summed E-state index contributed by atoms with van der Waals surface area (Å²) >= 11 is 0. The number of hydrogen-bond acceptors (Lipinski definition) is 2. The molecule has 0 spiro atoms. The van der Waals surface area contributed by atoms with E-state index >= 15 is 0 Å². The second kappa shape index (κ2) is 10.1. The molecule has 0 aromatic rings. The molecule has 12 heavy (non-hydrogen) atoms. The molecule has 0 atom stereocenters. The summed E-state index contributed by atoms with van der Waals surface area (Å²) in [6.45, 7) is 5.44. The first-order valence-electron chi connectivity index (χ1n) is 4.37. The molecule has 0 fully saturated rings. The number of allylic oxidation sites excluding steroid dienone is 2. The molecule has 0 aliphatic carbocycles. The van der Waals surface area contributed by atoms with Crippen molar-refractivity contribution in [2.45, 2.75) is 26.7 Å². The zero-order chi connectivity index (χ0) is 9.07. The summed E-state index contributed by atoms with van der Waals surface area (Å²) in [6.07, 6.45) is 9.29. The van der Waals surface area contributed by atoms with Gasteiger partial charge in [-0.1, -0.05) is 12.2 Å². The van der Waals surface area contributed by atoms with Gasteiger partial charge in [0, 0.05) is 0 Å². The highest BCUT2D eigenvalue weighted by Gasteiger charge is 1.86. The molecule has 0 saturated carbocycles. The SMILES string of the molecule is C/C=C/OCCCCO/C=C/C. The first-order valence-corrected chi connectivity index (χ1v) is 4.37. The zero-order valence-corrected chi connectivity index (χ0v) is 7.95. The Bertz CT molecular complexity index is 112. The van der Waals surface area contributed by atoms with E-state index in [2.05, 4.69) is 0 Å². The van der Waals surface area contributed by atoms with Gasteiger partial charge in [0.05, 0.1) is 25.7 Å². The first kappa shape index (κ1) is 11.1. The van der Waals surface area contributed by atoms with E-state index in [-0.39, 0.29) is 0 Å². The number of unbranched alkanes of at least 4 members (excludes halogenated alkanes) is 1. The summed E-state index contributed by atoms with van der Waals surface area (Å²) in [7, 11) is 0. The van der Waals surface area contributed by atoms with E-state index in [1.165, 1.54) is 0 Å². The summed E-state index contributed by atoms with van der Waals surface area (Å²) in [4.78, 5) is 0. The van der Waals surface area contributed by atoms with Gasteiger partial charge in [-0.25, -0.2) is 0 Å². The van der Waals surface area contributed by atoms with Crippen LogP contribution >= 0.6 is 0 Å². The topological polar surface area (TPSA) is 18.5 Å². The molecule has 0 bridgehead atoms. The van der Waals surface area contributed by atoms with Crippen molar-refractivity contribution in [3.05, 3.63) is 24.7 Å². The highest BCUT2D eigenvalue weighted by Crippen LogP contribution is 1.92. The summed E-state index contributed by atoms with van der Waals surface area (Å²) in [5.41, 5.74) is 0. The molecule has 0 aliphatic rings. The summed E-state index contributed by atoms with van der Waals surface area (Å²) in [5.74, 6) is 0. The van der Waals surface area contributed by atoms with Gasteiger partial charge in [-0.2, -0.15) is 0 Å². The fourth-order valence-electron chi connectivity index (χ4n) is 0.699. The van der Waals surface area contributed by atoms with Crippen LogP contribution in [0.15, 0.2) is 24.7 Å². The predicted octanol–water partition coefficient (Wildman–Crippen LogP) is 2.87. The van der Waals surface area contributed by atoms with E-state index < -0.39 is 0 Å². The van der Waals surface area contributed by atoms with Crippen LogP contribution in [0.1, 0.15) is 26.7 Å². The van der Waals surface area contributed by atoms with E-state index in [0.717, 1.165) is 26.1 Å². The fourth-order valence-corrected chi connectivity index (χ4v) is 0.699. The average molecular weight is 170 g/mol. The lowest BCUT2D eigenvalue weighted by atomic mass is 10.3. The predicted molar refractivity (Wildman–Crippen MR) is 50.8 cm³/mol. The third kappa shape index (κ3) is 9.08. The molecule has 0 rings (SSSR count). The van der Waals surface area contributed by atoms with Crippen molar-refractivity contribution >= 4 is 0 Å². The largest absolute Gasteiger partial charge is 0.502 e. The van der Waals surface area contributed by atoms with Gasteiger partial charge in [-0.3, -0.25) is 0 Å². The van der Waals surface area contributed by atoms with Gasteiger partial charge in [0.2, 0.25) is 0 Å². The Kier molecular flexibility index (Phi) is 9.31. The fraction of sp³-hybridized carbons (Fsp3) is 0.600. The second-order valence-corrected chi connectivity index (χ2v) is 2.39. The van der Waals surface area contributed by atoms with Crippen LogP contribution < -0.4 is 0 Å². The molecule has 0 aromatic carbocycles. The monoisotopic (exact) mass is 170 g/mol. The minimum Gasteiger partial charge on any atom is -0.502 e. The Morgan fingerprint density at radius 2 is 1.25 bits per heavy atom. The van der Waals surface area contributed by atoms with Gasteiger partial charge in [0.25, 0.3) is 0 Å². The minimum atomic E-state index is 0.781. The Morgan fingerprint density at radius 3 is 1.58 bits per heavy atom. The molecule has 0 unspecified atom stereocenters. The van der Waals surface area contributed by atoms with E-state index in [0.29, 0.717) is 0 Å². The molecule has 0 aromatic heterocycles. The van der Waals surface area contributed by atoms with Gasteiger partial charge in [-0.05, 0) is 26.7 Å². The molecule has 2 heteroatoms. The van der Waals surface area contributed by atoms with Crippen LogP contribution in [-0.4, -0.2) is 13.2 Å². The Morgan fingerprint density at radius 1 is 0.833 bits per heavy atom. The molecule has 0 amide bonds. The standard InChI is InChI=1S/C10H18O2/c1-3-7-11-9-5-6-10-12-8-4-2/h3-4,7-8H,5-6,9-10H2,1-2H3/b7-3+,8-4+. The maximum atomic E-state index is 5.14. The third-order valence-corrected chi connectivity index (χ3v) is 1.24. The molecule has 70 valence electrons. The van der Waals surface area contributed by atoms with Crippen molar-refractivity contribution in [2.24, 2.45) is 0 Å². The van der Waals surface area contributed by atoms with E-state index in [1.807, 2.05) is 26.0 Å². The van der Waals surface area contributed by atoms with Crippen LogP contribution in [-0.2, 0) is 9.47 Å². The van der Waals surface area contributed by atoms with Crippen molar-refractivity contribution in [1.29, 1.82) is 0 Å². The molecule has 0 heterocycles. The average Bonchev–Trinajstić information content (AvgIpc) is 2.10. The van der Waals surface area contributed by atoms with Crippen molar-refractivity contribution in [1.82, 2.24) is 0 Å². The Balaban J connectivity index is 2.91. The van der Waals surface area contributed by atoms with Crippen LogP contribution in [0, 0.1) is 0 Å². The van der Waals surface area contributed by atoms with Crippen LogP contribution in [0.5, 0.6) is 0 Å². The molecule has 0 radical (unpaired) electrons. The lowest BCUT2D eigenvalue weighted by molar-refractivity contribution is 0.205. The number of ether oxygens (including phenoxy) is 2. The van der Waals surface area contributed by atoms with Gasteiger partial charge in [0.15, 0.2) is 0 Å². The molecular formula is C10H18O2. The lowest BCUT2D eigenvalue weighted by Crippen LogP contribution is -1.92. The smallest absolute Gasteiger partial charge is 0.0874 e. The molecule has 2 nitrogen and oxygen atoms in total. The zero-order valence-electron chi connectivity index (χ0n) is 7.95. The second-order valence-electron chi connectivity index (χ2n) is 2.39. The maximum Gasteiger partial charge on any atom is 0.0874 e. The highest BCUT2D eigenvalue weighted by molar-refractivity contribution is 4.65. The summed E-state index contributed by atoms with van der Waals surface area (Å²) in [6, 6.07) is 0. The van der Waals surface area contributed by atoms with Crippen molar-refractivity contribution < 1.29 is 9.47 Å². The maximum absolute atomic E-state index is 5.14. The van der Waals surface area contributed by atoms with Crippen molar-refractivity contribution in [3.63, 3.8) is 0 Å². The van der Waals surface area contributed by atoms with Gasteiger partial charge in [0.1, 0.15) is 0 Å². The van der Waals surface area contributed by atoms with Gasteiger partial charge >= 0.3 is 0 Å². The quantitative estimate of drug-likeness (QED) is 0.432. The van der Waals surface area contributed by atoms with Crippen LogP contribution in [0.2, 0.25) is 0 Å². The van der Waals surface area contributed by atoms with Crippen molar-refractivity contribution in [2.75, 3.05) is 13.2 Å². The van der Waals surface area contributed by atoms with Crippen LogP contribution in [0.4, 0.5) is 0 Å². The van der Waals surface area contributed by atoms with Gasteiger partial charge < -0.3 is 9.47 Å². The Labute approximate surface area is 74.9 Å². The van der Waals surface area contributed by atoms with E-state index in [1.54, 1.807) is 12.5 Å². The first-order chi connectivity index (χ1) is 5.91. The van der Waals surface area contributed by atoms with E-state index in [9.17, 15) is 0 Å². The van der Waals surface area contributed by atoms with Crippen LogP contribution in [0.3, 0.4) is 0 Å². The lowest BCUT2D eigenvalue weighted by Gasteiger charge is -2.00. The molecule has 0 saturated heterocycles. The van der Waals surface area contributed by atoms with Crippen molar-refractivity contribution in [3.8, 4) is 0 Å².